The van der Waals surface area contributed by atoms with E-state index < -0.39 is 0 Å². The predicted octanol–water partition coefficient (Wildman–Crippen LogP) is 5.29. The lowest BCUT2D eigenvalue weighted by Gasteiger charge is -2.05. The van der Waals surface area contributed by atoms with E-state index >= 15 is 0 Å². The van der Waals surface area contributed by atoms with Crippen LogP contribution in [0, 0.1) is 0 Å². The largest absolute Gasteiger partial charge is 0.441 e. The van der Waals surface area contributed by atoms with Crippen LogP contribution in [-0.4, -0.2) is 17.1 Å². The lowest BCUT2D eigenvalue weighted by molar-refractivity contribution is -0.116. The minimum absolute atomic E-state index is 0.0653. The van der Waals surface area contributed by atoms with E-state index in [1.165, 1.54) is 0 Å². The van der Waals surface area contributed by atoms with Crippen molar-refractivity contribution in [1.82, 2.24) is 4.98 Å². The van der Waals surface area contributed by atoms with Crippen molar-refractivity contribution in [3.63, 3.8) is 0 Å². The van der Waals surface area contributed by atoms with Crippen molar-refractivity contribution < 1.29 is 9.21 Å². The molecule has 1 heterocycles. The van der Waals surface area contributed by atoms with Gasteiger partial charge in [0, 0.05) is 34.0 Å². The Morgan fingerprint density at radius 1 is 1.24 bits per heavy atom. The number of thioether (sulfide) groups is 1. The predicted molar refractivity (Wildman–Crippen MR) is 102 cm³/mol. The summed E-state index contributed by atoms with van der Waals surface area (Å²) in [5.41, 5.74) is 1.70. The number of halogens is 1. The fourth-order valence-electron chi connectivity index (χ4n) is 2.32. The molecule has 1 N–H and O–H groups in total. The number of nitrogens with one attached hydrogen (secondary N) is 1. The van der Waals surface area contributed by atoms with Gasteiger partial charge in [0.1, 0.15) is 0 Å². The average molecular weight is 373 g/mol. The van der Waals surface area contributed by atoms with Crippen molar-refractivity contribution in [2.75, 3.05) is 11.6 Å². The van der Waals surface area contributed by atoms with E-state index in [0.29, 0.717) is 29.5 Å². The Morgan fingerprint density at radius 2 is 2.04 bits per heavy atom. The maximum Gasteiger partial charge on any atom is 0.224 e. The maximum absolute atomic E-state index is 12.1. The van der Waals surface area contributed by atoms with Crippen molar-refractivity contribution >= 4 is 35.0 Å². The van der Waals surface area contributed by atoms with Crippen LogP contribution in [0.1, 0.15) is 12.3 Å². The Morgan fingerprint density at radius 3 is 2.80 bits per heavy atom. The van der Waals surface area contributed by atoms with Gasteiger partial charge in [0.25, 0.3) is 0 Å². The van der Waals surface area contributed by atoms with Gasteiger partial charge in [-0.1, -0.05) is 17.7 Å². The van der Waals surface area contributed by atoms with E-state index in [4.69, 9.17) is 16.0 Å². The van der Waals surface area contributed by atoms with Gasteiger partial charge in [0.05, 0.1) is 6.20 Å². The molecule has 0 saturated carbocycles. The quantitative estimate of drug-likeness (QED) is 0.597. The summed E-state index contributed by atoms with van der Waals surface area (Å²) in [6, 6.07) is 15.1. The molecule has 0 bridgehead atoms. The molecule has 0 aliphatic carbocycles. The first kappa shape index (κ1) is 17.6. The van der Waals surface area contributed by atoms with Crippen molar-refractivity contribution in [3.8, 4) is 11.3 Å². The van der Waals surface area contributed by atoms with Gasteiger partial charge in [0.2, 0.25) is 5.91 Å². The van der Waals surface area contributed by atoms with Crippen molar-refractivity contribution in [2.24, 2.45) is 0 Å². The zero-order chi connectivity index (χ0) is 17.6. The van der Waals surface area contributed by atoms with Crippen LogP contribution in [0.5, 0.6) is 0 Å². The minimum atomic E-state index is -0.0653. The van der Waals surface area contributed by atoms with Crippen LogP contribution in [0.25, 0.3) is 11.3 Å². The summed E-state index contributed by atoms with van der Waals surface area (Å²) >= 11 is 7.52. The molecule has 4 nitrogen and oxygen atoms in total. The number of hydrogen-bond acceptors (Lipinski definition) is 4. The summed E-state index contributed by atoms with van der Waals surface area (Å²) in [6.07, 6.45) is 4.42. The molecule has 2 aromatic carbocycles. The molecule has 0 unspecified atom stereocenters. The van der Waals surface area contributed by atoms with E-state index in [1.807, 2.05) is 42.7 Å². The number of rotatable bonds is 6. The van der Waals surface area contributed by atoms with E-state index in [0.717, 1.165) is 16.1 Å². The Kier molecular flexibility index (Phi) is 5.79. The number of aromatic nitrogens is 1. The molecule has 0 saturated heterocycles. The number of amides is 1. The highest BCUT2D eigenvalue weighted by molar-refractivity contribution is 7.98. The summed E-state index contributed by atoms with van der Waals surface area (Å²) in [7, 11) is 0. The van der Waals surface area contributed by atoms with Gasteiger partial charge in [-0.05, 0) is 48.7 Å². The molecule has 6 heteroatoms. The number of benzene rings is 2. The molecule has 0 aliphatic heterocycles. The van der Waals surface area contributed by atoms with Crippen molar-refractivity contribution in [1.29, 1.82) is 0 Å². The fraction of sp³-hybridized carbons (Fsp3) is 0.158. The van der Waals surface area contributed by atoms with Crippen LogP contribution in [0.15, 0.2) is 64.0 Å². The summed E-state index contributed by atoms with van der Waals surface area (Å²) in [5.74, 6) is 1.14. The molecule has 0 fully saturated rings. The Balaban J connectivity index is 1.56. The Hall–Kier alpha value is -2.24. The van der Waals surface area contributed by atoms with Crippen LogP contribution in [0.3, 0.4) is 0 Å². The smallest absolute Gasteiger partial charge is 0.224 e. The van der Waals surface area contributed by atoms with Gasteiger partial charge in [-0.3, -0.25) is 4.79 Å². The standard InChI is InChI=1S/C19H17ClN2O2S/c1-25-16-4-2-3-15(11-16)22-18(23)9-10-19-21-12-17(24-19)13-5-7-14(20)8-6-13/h2-8,11-12H,9-10H2,1H3,(H,22,23). The Labute approximate surface area is 155 Å². The molecule has 1 amide bonds. The average Bonchev–Trinajstić information content (AvgIpc) is 3.10. The zero-order valence-corrected chi connectivity index (χ0v) is 15.2. The summed E-state index contributed by atoms with van der Waals surface area (Å²) in [4.78, 5) is 17.4. The molecule has 3 aromatic rings. The molecular weight excluding hydrogens is 356 g/mol. The molecule has 3 rings (SSSR count). The van der Waals surface area contributed by atoms with Crippen molar-refractivity contribution in [2.45, 2.75) is 17.7 Å². The van der Waals surface area contributed by atoms with E-state index in [-0.39, 0.29) is 5.91 Å². The second-order valence-corrected chi connectivity index (χ2v) is 6.72. The highest BCUT2D eigenvalue weighted by Crippen LogP contribution is 2.23. The maximum atomic E-state index is 12.1. The molecule has 0 radical (unpaired) electrons. The molecule has 0 atom stereocenters. The van der Waals surface area contributed by atoms with E-state index in [9.17, 15) is 4.79 Å². The normalized spacial score (nSPS) is 10.6. The van der Waals surface area contributed by atoms with Gasteiger partial charge in [-0.2, -0.15) is 0 Å². The molecule has 0 aliphatic rings. The first-order valence-electron chi connectivity index (χ1n) is 7.78. The van der Waals surface area contributed by atoms with Gasteiger partial charge in [-0.15, -0.1) is 11.8 Å². The van der Waals surface area contributed by atoms with Crippen LogP contribution < -0.4 is 5.32 Å². The molecule has 128 valence electrons. The first-order chi connectivity index (χ1) is 12.1. The second-order valence-electron chi connectivity index (χ2n) is 5.41. The fourth-order valence-corrected chi connectivity index (χ4v) is 2.90. The summed E-state index contributed by atoms with van der Waals surface area (Å²) in [6.45, 7) is 0. The number of carbonyl (C=O) groups excluding carboxylic acids is 1. The third-order valence-electron chi connectivity index (χ3n) is 3.60. The number of oxazole rings is 1. The zero-order valence-electron chi connectivity index (χ0n) is 13.7. The Bertz CT molecular complexity index is 862. The summed E-state index contributed by atoms with van der Waals surface area (Å²) < 4.78 is 5.71. The number of hydrogen-bond donors (Lipinski definition) is 1. The highest BCUT2D eigenvalue weighted by Gasteiger charge is 2.09. The topological polar surface area (TPSA) is 55.1 Å². The van der Waals surface area contributed by atoms with Gasteiger partial charge in [0.15, 0.2) is 11.7 Å². The number of carbonyl (C=O) groups is 1. The molecule has 0 spiro atoms. The SMILES string of the molecule is CSc1cccc(NC(=O)CCc2ncc(-c3ccc(Cl)cc3)o2)c1. The van der Waals surface area contributed by atoms with E-state index in [2.05, 4.69) is 10.3 Å². The second kappa shape index (κ2) is 8.23. The summed E-state index contributed by atoms with van der Waals surface area (Å²) in [5, 5.41) is 3.57. The van der Waals surface area contributed by atoms with Gasteiger partial charge in [-0.25, -0.2) is 4.98 Å². The molecule has 25 heavy (non-hydrogen) atoms. The van der Waals surface area contributed by atoms with Crippen LogP contribution >= 0.6 is 23.4 Å². The van der Waals surface area contributed by atoms with Crippen molar-refractivity contribution in [3.05, 3.63) is 65.6 Å². The van der Waals surface area contributed by atoms with E-state index in [1.54, 1.807) is 30.1 Å². The van der Waals surface area contributed by atoms with Crippen LogP contribution in [0.2, 0.25) is 5.02 Å². The lowest BCUT2D eigenvalue weighted by Crippen LogP contribution is -2.12. The lowest BCUT2D eigenvalue weighted by atomic mass is 10.2. The molecule has 1 aromatic heterocycles. The monoisotopic (exact) mass is 372 g/mol. The first-order valence-corrected chi connectivity index (χ1v) is 9.39. The van der Waals surface area contributed by atoms with Crippen LogP contribution in [0.4, 0.5) is 5.69 Å². The third kappa shape index (κ3) is 4.87. The van der Waals surface area contributed by atoms with Gasteiger partial charge < -0.3 is 9.73 Å². The minimum Gasteiger partial charge on any atom is -0.441 e. The number of anilines is 1. The highest BCUT2D eigenvalue weighted by atomic mass is 35.5. The third-order valence-corrected chi connectivity index (χ3v) is 4.58. The molecular formula is C19H17ClN2O2S. The number of nitrogens with zero attached hydrogens (tertiary/aromatic N) is 1. The van der Waals surface area contributed by atoms with Gasteiger partial charge >= 0.3 is 0 Å². The number of aryl methyl sites for hydroxylation is 1. The van der Waals surface area contributed by atoms with Crippen LogP contribution in [-0.2, 0) is 11.2 Å².